The van der Waals surface area contributed by atoms with Crippen molar-refractivity contribution in [1.82, 2.24) is 9.97 Å². The summed E-state index contributed by atoms with van der Waals surface area (Å²) in [7, 11) is 0. The molecule has 0 aliphatic carbocycles. The molecule has 0 radical (unpaired) electrons. The van der Waals surface area contributed by atoms with Crippen LogP contribution in [0, 0.1) is 6.92 Å². The summed E-state index contributed by atoms with van der Waals surface area (Å²) >= 11 is 12.0. The molecule has 0 aliphatic heterocycles. The van der Waals surface area contributed by atoms with Crippen LogP contribution >= 0.6 is 23.2 Å². The molecule has 1 amide bonds. The number of para-hydroxylation sites is 2. The lowest BCUT2D eigenvalue weighted by molar-refractivity contribution is -0.111. The standard InChI is InChI=1S/C23H17Cl2N3O/c1-14-6-7-16(23-27-19-4-2-3-5-20(19)28-23)12-21(14)26-22(29)11-9-15-8-10-17(24)13-18(15)25/h2-13H,1H3,(H,26,29)(H,27,28)/b11-9+. The number of anilines is 1. The Balaban J connectivity index is 1.56. The number of benzene rings is 3. The maximum absolute atomic E-state index is 12.4. The summed E-state index contributed by atoms with van der Waals surface area (Å²) in [6.45, 7) is 1.94. The summed E-state index contributed by atoms with van der Waals surface area (Å²) in [5.41, 5.74) is 5.16. The van der Waals surface area contributed by atoms with E-state index in [1.807, 2.05) is 49.4 Å². The van der Waals surface area contributed by atoms with Gasteiger partial charge in [-0.05, 0) is 54.5 Å². The predicted octanol–water partition coefficient (Wildman–Crippen LogP) is 6.50. The molecule has 29 heavy (non-hydrogen) atoms. The molecule has 0 saturated carbocycles. The molecule has 0 unspecified atom stereocenters. The lowest BCUT2D eigenvalue weighted by Gasteiger charge is -2.08. The number of aryl methyl sites for hydroxylation is 1. The first kappa shape index (κ1) is 19.2. The van der Waals surface area contributed by atoms with Crippen LogP contribution in [0.2, 0.25) is 10.0 Å². The minimum absolute atomic E-state index is 0.249. The van der Waals surface area contributed by atoms with E-state index < -0.39 is 0 Å². The number of carbonyl (C=O) groups excluding carboxylic acids is 1. The van der Waals surface area contributed by atoms with Gasteiger partial charge in [-0.25, -0.2) is 4.98 Å². The molecule has 0 spiro atoms. The Morgan fingerprint density at radius 2 is 1.90 bits per heavy atom. The molecule has 6 heteroatoms. The molecule has 0 fully saturated rings. The summed E-state index contributed by atoms with van der Waals surface area (Å²) in [6, 6.07) is 18.8. The Kier molecular flexibility index (Phi) is 5.38. The van der Waals surface area contributed by atoms with E-state index in [0.717, 1.165) is 39.2 Å². The summed E-state index contributed by atoms with van der Waals surface area (Å²) in [6.07, 6.45) is 3.11. The Hall–Kier alpha value is -3.08. The van der Waals surface area contributed by atoms with Crippen molar-refractivity contribution in [3.05, 3.63) is 87.9 Å². The normalized spacial score (nSPS) is 11.3. The number of amides is 1. The molecule has 4 aromatic rings. The van der Waals surface area contributed by atoms with E-state index in [1.54, 1.807) is 24.3 Å². The number of imidazole rings is 1. The van der Waals surface area contributed by atoms with Gasteiger partial charge in [-0.2, -0.15) is 0 Å². The Morgan fingerprint density at radius 1 is 1.07 bits per heavy atom. The molecular weight excluding hydrogens is 405 g/mol. The SMILES string of the molecule is Cc1ccc(-c2nc3ccccc3[nH]2)cc1NC(=O)/C=C/c1ccc(Cl)cc1Cl. The minimum Gasteiger partial charge on any atom is -0.338 e. The first-order chi connectivity index (χ1) is 14.0. The number of aromatic amines is 1. The predicted molar refractivity (Wildman–Crippen MR) is 120 cm³/mol. The van der Waals surface area contributed by atoms with E-state index in [4.69, 9.17) is 23.2 Å². The quantitative estimate of drug-likeness (QED) is 0.369. The monoisotopic (exact) mass is 421 g/mol. The fraction of sp³-hybridized carbons (Fsp3) is 0.0435. The average molecular weight is 422 g/mol. The highest BCUT2D eigenvalue weighted by Crippen LogP contribution is 2.26. The van der Waals surface area contributed by atoms with E-state index in [-0.39, 0.29) is 5.91 Å². The third-order valence-corrected chi connectivity index (χ3v) is 5.10. The van der Waals surface area contributed by atoms with Gasteiger partial charge in [0.2, 0.25) is 5.91 Å². The fourth-order valence-corrected chi connectivity index (χ4v) is 3.44. The number of carbonyl (C=O) groups is 1. The van der Waals surface area contributed by atoms with Crippen LogP contribution in [0.5, 0.6) is 0 Å². The number of hydrogen-bond acceptors (Lipinski definition) is 2. The lowest BCUT2D eigenvalue weighted by Crippen LogP contribution is -2.09. The number of rotatable bonds is 4. The van der Waals surface area contributed by atoms with Crippen molar-refractivity contribution in [3.63, 3.8) is 0 Å². The Morgan fingerprint density at radius 3 is 2.69 bits per heavy atom. The van der Waals surface area contributed by atoms with Gasteiger partial charge in [0.15, 0.2) is 0 Å². The van der Waals surface area contributed by atoms with E-state index in [9.17, 15) is 4.79 Å². The molecule has 4 rings (SSSR count). The molecule has 1 aromatic heterocycles. The van der Waals surface area contributed by atoms with Gasteiger partial charge in [-0.15, -0.1) is 0 Å². The van der Waals surface area contributed by atoms with Crippen LogP contribution in [-0.2, 0) is 4.79 Å². The lowest BCUT2D eigenvalue weighted by atomic mass is 10.1. The Bertz CT molecular complexity index is 1210. The molecule has 0 atom stereocenters. The topological polar surface area (TPSA) is 57.8 Å². The van der Waals surface area contributed by atoms with Crippen molar-refractivity contribution in [2.24, 2.45) is 0 Å². The summed E-state index contributed by atoms with van der Waals surface area (Å²) in [5, 5.41) is 3.96. The van der Waals surface area contributed by atoms with Crippen molar-refractivity contribution < 1.29 is 4.79 Å². The number of nitrogens with zero attached hydrogens (tertiary/aromatic N) is 1. The van der Waals surface area contributed by atoms with Gasteiger partial charge in [0.05, 0.1) is 11.0 Å². The zero-order chi connectivity index (χ0) is 20.4. The zero-order valence-corrected chi connectivity index (χ0v) is 17.1. The summed E-state index contributed by atoms with van der Waals surface area (Å²) in [5.74, 6) is 0.506. The first-order valence-electron chi connectivity index (χ1n) is 8.99. The largest absolute Gasteiger partial charge is 0.338 e. The second-order valence-corrected chi connectivity index (χ2v) is 7.46. The molecular formula is C23H17Cl2N3O. The highest BCUT2D eigenvalue weighted by atomic mass is 35.5. The van der Waals surface area contributed by atoms with Crippen molar-refractivity contribution in [3.8, 4) is 11.4 Å². The molecule has 144 valence electrons. The van der Waals surface area contributed by atoms with Gasteiger partial charge in [0.25, 0.3) is 0 Å². The van der Waals surface area contributed by atoms with E-state index in [1.165, 1.54) is 6.08 Å². The van der Waals surface area contributed by atoms with E-state index >= 15 is 0 Å². The van der Waals surface area contributed by atoms with Crippen molar-refractivity contribution >= 4 is 51.9 Å². The molecule has 4 nitrogen and oxygen atoms in total. The van der Waals surface area contributed by atoms with E-state index in [2.05, 4.69) is 15.3 Å². The van der Waals surface area contributed by atoms with Gasteiger partial charge >= 0.3 is 0 Å². The van der Waals surface area contributed by atoms with Crippen molar-refractivity contribution in [1.29, 1.82) is 0 Å². The van der Waals surface area contributed by atoms with Crippen LogP contribution < -0.4 is 5.32 Å². The van der Waals surface area contributed by atoms with Crippen LogP contribution in [0.1, 0.15) is 11.1 Å². The zero-order valence-electron chi connectivity index (χ0n) is 15.5. The summed E-state index contributed by atoms with van der Waals surface area (Å²) < 4.78 is 0. The molecule has 2 N–H and O–H groups in total. The highest BCUT2D eigenvalue weighted by Gasteiger charge is 2.09. The number of nitrogens with one attached hydrogen (secondary N) is 2. The first-order valence-corrected chi connectivity index (χ1v) is 9.75. The summed E-state index contributed by atoms with van der Waals surface area (Å²) in [4.78, 5) is 20.3. The van der Waals surface area contributed by atoms with Crippen LogP contribution in [0.3, 0.4) is 0 Å². The van der Waals surface area contributed by atoms with Crippen molar-refractivity contribution in [2.45, 2.75) is 6.92 Å². The second kappa shape index (κ2) is 8.11. The minimum atomic E-state index is -0.249. The van der Waals surface area contributed by atoms with Gasteiger partial charge in [-0.3, -0.25) is 4.79 Å². The molecule has 3 aromatic carbocycles. The number of H-pyrrole nitrogens is 1. The molecule has 0 saturated heterocycles. The smallest absolute Gasteiger partial charge is 0.248 e. The molecule has 0 bridgehead atoms. The number of aromatic nitrogens is 2. The van der Waals surface area contributed by atoms with Gasteiger partial charge in [0, 0.05) is 27.4 Å². The number of halogens is 2. The van der Waals surface area contributed by atoms with Crippen molar-refractivity contribution in [2.75, 3.05) is 5.32 Å². The average Bonchev–Trinajstić information content (AvgIpc) is 3.13. The third kappa shape index (κ3) is 4.34. The van der Waals surface area contributed by atoms with Crippen LogP contribution in [0.25, 0.3) is 28.5 Å². The maximum atomic E-state index is 12.4. The van der Waals surface area contributed by atoms with Crippen LogP contribution in [0.4, 0.5) is 5.69 Å². The Labute approximate surface area is 178 Å². The highest BCUT2D eigenvalue weighted by molar-refractivity contribution is 6.35. The molecule has 0 aliphatic rings. The molecule has 1 heterocycles. The van der Waals surface area contributed by atoms with Gasteiger partial charge in [0.1, 0.15) is 5.82 Å². The van der Waals surface area contributed by atoms with Gasteiger partial charge < -0.3 is 10.3 Å². The number of fused-ring (bicyclic) bond motifs is 1. The van der Waals surface area contributed by atoms with E-state index in [0.29, 0.717) is 10.0 Å². The second-order valence-electron chi connectivity index (χ2n) is 6.62. The van der Waals surface area contributed by atoms with Gasteiger partial charge in [-0.1, -0.05) is 53.5 Å². The maximum Gasteiger partial charge on any atom is 0.248 e. The fourth-order valence-electron chi connectivity index (χ4n) is 2.97. The van der Waals surface area contributed by atoms with Crippen LogP contribution in [0.15, 0.2) is 66.7 Å². The number of hydrogen-bond donors (Lipinski definition) is 2. The van der Waals surface area contributed by atoms with Crippen LogP contribution in [-0.4, -0.2) is 15.9 Å². The third-order valence-electron chi connectivity index (χ3n) is 4.54.